The van der Waals surface area contributed by atoms with Crippen LogP contribution in [0.15, 0.2) is 36.5 Å². The molecule has 0 saturated heterocycles. The Morgan fingerprint density at radius 1 is 1.20 bits per heavy atom. The van der Waals surface area contributed by atoms with Crippen molar-refractivity contribution in [1.82, 2.24) is 25.2 Å². The van der Waals surface area contributed by atoms with E-state index in [9.17, 15) is 0 Å². The van der Waals surface area contributed by atoms with Crippen LogP contribution in [-0.4, -0.2) is 25.2 Å². The predicted molar refractivity (Wildman–Crippen MR) is 77.4 cm³/mol. The largest absolute Gasteiger partial charge is 0.383 e. The number of nitrogens with zero attached hydrogens (tertiary/aromatic N) is 4. The van der Waals surface area contributed by atoms with Gasteiger partial charge in [0.2, 0.25) is 0 Å². The number of para-hydroxylation sites is 1. The Hall–Kier alpha value is -2.63. The first-order valence-corrected chi connectivity index (χ1v) is 6.48. The third-order valence-electron chi connectivity index (χ3n) is 3.20. The molecule has 6 heteroatoms. The molecular weight excluding hydrogens is 252 g/mol. The molecule has 0 atom stereocenters. The number of hydrogen-bond donors (Lipinski definition) is 2. The molecule has 0 amide bonds. The highest BCUT2D eigenvalue weighted by atomic mass is 15.4. The van der Waals surface area contributed by atoms with Crippen LogP contribution in [0.3, 0.4) is 0 Å². The zero-order valence-electron chi connectivity index (χ0n) is 11.4. The number of H-pyrrole nitrogens is 1. The van der Waals surface area contributed by atoms with Crippen molar-refractivity contribution in [2.45, 2.75) is 19.8 Å². The molecule has 2 heterocycles. The van der Waals surface area contributed by atoms with Gasteiger partial charge in [0.15, 0.2) is 0 Å². The molecule has 0 aliphatic rings. The van der Waals surface area contributed by atoms with Crippen LogP contribution in [-0.2, 0) is 0 Å². The second-order valence-corrected chi connectivity index (χ2v) is 4.90. The summed E-state index contributed by atoms with van der Waals surface area (Å²) in [7, 11) is 0. The molecule has 0 radical (unpaired) electrons. The van der Waals surface area contributed by atoms with E-state index < -0.39 is 0 Å². The van der Waals surface area contributed by atoms with Crippen LogP contribution in [0.5, 0.6) is 0 Å². The first-order valence-electron chi connectivity index (χ1n) is 6.48. The summed E-state index contributed by atoms with van der Waals surface area (Å²) in [4.78, 5) is 0. The lowest BCUT2D eigenvalue weighted by Gasteiger charge is -2.07. The topological polar surface area (TPSA) is 85.4 Å². The van der Waals surface area contributed by atoms with E-state index in [1.54, 1.807) is 10.9 Å². The zero-order chi connectivity index (χ0) is 14.1. The van der Waals surface area contributed by atoms with E-state index in [4.69, 9.17) is 5.73 Å². The van der Waals surface area contributed by atoms with Gasteiger partial charge in [-0.2, -0.15) is 20.5 Å². The Balaban J connectivity index is 2.22. The Labute approximate surface area is 116 Å². The summed E-state index contributed by atoms with van der Waals surface area (Å²) in [6.45, 7) is 4.18. The Morgan fingerprint density at radius 3 is 2.55 bits per heavy atom. The number of rotatable bonds is 3. The predicted octanol–water partition coefficient (Wildman–Crippen LogP) is 2.36. The summed E-state index contributed by atoms with van der Waals surface area (Å²) < 4.78 is 1.75. The summed E-state index contributed by atoms with van der Waals surface area (Å²) in [5, 5.41) is 15.2. The van der Waals surface area contributed by atoms with Gasteiger partial charge in [-0.05, 0) is 18.1 Å². The van der Waals surface area contributed by atoms with Crippen LogP contribution in [0.1, 0.15) is 25.3 Å². The molecule has 6 nitrogen and oxygen atoms in total. The average molecular weight is 268 g/mol. The SMILES string of the molecule is CC(C)c1c(-c2cn[nH]n2)nn(-c2ccccc2)c1N. The molecule has 3 N–H and O–H groups in total. The first-order chi connectivity index (χ1) is 9.68. The van der Waals surface area contributed by atoms with Crippen LogP contribution in [0, 0.1) is 0 Å². The Morgan fingerprint density at radius 2 is 1.95 bits per heavy atom. The fourth-order valence-electron chi connectivity index (χ4n) is 2.28. The molecule has 0 aliphatic carbocycles. The summed E-state index contributed by atoms with van der Waals surface area (Å²) in [6.07, 6.45) is 1.66. The molecule has 0 saturated carbocycles. The second-order valence-electron chi connectivity index (χ2n) is 4.90. The molecule has 0 bridgehead atoms. The van der Waals surface area contributed by atoms with Crippen molar-refractivity contribution < 1.29 is 0 Å². The van der Waals surface area contributed by atoms with E-state index in [-0.39, 0.29) is 5.92 Å². The normalized spacial score (nSPS) is 11.2. The second kappa shape index (κ2) is 4.80. The highest BCUT2D eigenvalue weighted by Gasteiger charge is 2.21. The van der Waals surface area contributed by atoms with Gasteiger partial charge in [-0.3, -0.25) is 0 Å². The lowest BCUT2D eigenvalue weighted by atomic mass is 10.0. The van der Waals surface area contributed by atoms with E-state index in [1.807, 2.05) is 30.3 Å². The van der Waals surface area contributed by atoms with Crippen LogP contribution in [0.4, 0.5) is 5.82 Å². The quantitative estimate of drug-likeness (QED) is 0.763. The van der Waals surface area contributed by atoms with Gasteiger partial charge in [-0.1, -0.05) is 32.0 Å². The monoisotopic (exact) mass is 268 g/mol. The summed E-state index contributed by atoms with van der Waals surface area (Å²) >= 11 is 0. The van der Waals surface area contributed by atoms with Crippen molar-refractivity contribution >= 4 is 5.82 Å². The molecular formula is C14H16N6. The fraction of sp³-hybridized carbons (Fsp3) is 0.214. The third kappa shape index (κ3) is 1.95. The maximum Gasteiger partial charge on any atom is 0.133 e. The van der Waals surface area contributed by atoms with E-state index in [0.29, 0.717) is 11.5 Å². The smallest absolute Gasteiger partial charge is 0.133 e. The molecule has 0 unspecified atom stereocenters. The van der Waals surface area contributed by atoms with Gasteiger partial charge in [0.25, 0.3) is 0 Å². The van der Waals surface area contributed by atoms with Crippen molar-refractivity contribution in [3.8, 4) is 17.1 Å². The van der Waals surface area contributed by atoms with Crippen LogP contribution in [0.25, 0.3) is 17.1 Å². The van der Waals surface area contributed by atoms with Crippen LogP contribution in [0.2, 0.25) is 0 Å². The van der Waals surface area contributed by atoms with Gasteiger partial charge < -0.3 is 5.73 Å². The summed E-state index contributed by atoms with van der Waals surface area (Å²) in [5.41, 5.74) is 9.68. The van der Waals surface area contributed by atoms with Crippen molar-refractivity contribution in [3.63, 3.8) is 0 Å². The van der Waals surface area contributed by atoms with Gasteiger partial charge in [0.05, 0.1) is 11.9 Å². The minimum absolute atomic E-state index is 0.249. The van der Waals surface area contributed by atoms with Gasteiger partial charge in [0.1, 0.15) is 17.2 Å². The van der Waals surface area contributed by atoms with Crippen LogP contribution >= 0.6 is 0 Å². The summed E-state index contributed by atoms with van der Waals surface area (Å²) in [6, 6.07) is 9.83. The minimum Gasteiger partial charge on any atom is -0.383 e. The van der Waals surface area contributed by atoms with Gasteiger partial charge in [-0.15, -0.1) is 0 Å². The Bertz CT molecular complexity index is 697. The molecule has 0 fully saturated rings. The molecule has 2 aromatic heterocycles. The molecule has 3 aromatic rings. The fourth-order valence-corrected chi connectivity index (χ4v) is 2.28. The lowest BCUT2D eigenvalue weighted by molar-refractivity contribution is 0.867. The zero-order valence-corrected chi connectivity index (χ0v) is 11.4. The number of benzene rings is 1. The molecule has 20 heavy (non-hydrogen) atoms. The Kier molecular flexibility index (Phi) is 2.98. The van der Waals surface area contributed by atoms with E-state index in [1.165, 1.54) is 0 Å². The number of aromatic nitrogens is 5. The molecule has 3 rings (SSSR count). The number of anilines is 1. The highest BCUT2D eigenvalue weighted by Crippen LogP contribution is 2.33. The molecule has 1 aromatic carbocycles. The number of hydrogen-bond acceptors (Lipinski definition) is 4. The van der Waals surface area contributed by atoms with E-state index >= 15 is 0 Å². The maximum atomic E-state index is 6.29. The number of nitrogens with two attached hydrogens (primary N) is 1. The molecule has 0 spiro atoms. The summed E-state index contributed by atoms with van der Waals surface area (Å²) in [5.74, 6) is 0.892. The van der Waals surface area contributed by atoms with Gasteiger partial charge in [-0.25, -0.2) is 4.68 Å². The van der Waals surface area contributed by atoms with Gasteiger partial charge >= 0.3 is 0 Å². The third-order valence-corrected chi connectivity index (χ3v) is 3.20. The van der Waals surface area contributed by atoms with Crippen molar-refractivity contribution in [2.75, 3.05) is 5.73 Å². The first kappa shape index (κ1) is 12.4. The van der Waals surface area contributed by atoms with Gasteiger partial charge in [0, 0.05) is 5.56 Å². The van der Waals surface area contributed by atoms with E-state index in [2.05, 4.69) is 34.4 Å². The number of nitrogen functional groups attached to an aromatic ring is 1. The maximum absolute atomic E-state index is 6.29. The highest BCUT2D eigenvalue weighted by molar-refractivity contribution is 5.67. The van der Waals surface area contributed by atoms with Crippen molar-refractivity contribution in [2.24, 2.45) is 0 Å². The average Bonchev–Trinajstić information content (AvgIpc) is 3.06. The van der Waals surface area contributed by atoms with Crippen molar-refractivity contribution in [3.05, 3.63) is 42.1 Å². The molecule has 102 valence electrons. The van der Waals surface area contributed by atoms with Crippen molar-refractivity contribution in [1.29, 1.82) is 0 Å². The van der Waals surface area contributed by atoms with Crippen LogP contribution < -0.4 is 5.73 Å². The molecule has 0 aliphatic heterocycles. The minimum atomic E-state index is 0.249. The van der Waals surface area contributed by atoms with E-state index in [0.717, 1.165) is 16.9 Å². The number of nitrogens with one attached hydrogen (secondary N) is 1. The number of aromatic amines is 1. The standard InChI is InChI=1S/C14H16N6/c1-9(2)12-13(11-8-16-19-17-11)18-20(14(12)15)10-6-4-3-5-7-10/h3-9H,15H2,1-2H3,(H,16,17,19). The lowest BCUT2D eigenvalue weighted by Crippen LogP contribution is -2.03.